The first-order valence-corrected chi connectivity index (χ1v) is 8.63. The van der Waals surface area contributed by atoms with Gasteiger partial charge in [0.1, 0.15) is 12.1 Å². The fourth-order valence-corrected chi connectivity index (χ4v) is 3.64. The summed E-state index contributed by atoms with van der Waals surface area (Å²) in [5.74, 6) is -0.0112. The van der Waals surface area contributed by atoms with Crippen molar-refractivity contribution in [3.63, 3.8) is 0 Å². The van der Waals surface area contributed by atoms with Crippen LogP contribution in [0.2, 0.25) is 5.02 Å². The average Bonchev–Trinajstić information content (AvgIpc) is 3.23. The highest BCUT2D eigenvalue weighted by Crippen LogP contribution is 2.27. The quantitative estimate of drug-likeness (QED) is 0.863. The van der Waals surface area contributed by atoms with E-state index in [-0.39, 0.29) is 29.9 Å². The van der Waals surface area contributed by atoms with E-state index in [1.807, 2.05) is 24.3 Å². The van der Waals surface area contributed by atoms with Crippen LogP contribution in [0.4, 0.5) is 0 Å². The van der Waals surface area contributed by atoms with Gasteiger partial charge in [0.15, 0.2) is 0 Å². The molecule has 1 aromatic carbocycles. The highest BCUT2D eigenvalue weighted by atomic mass is 35.5. The SMILES string of the molecule is CN(C)C(=O)C1CCCN1C(=O)C1CC(c2cccc(Cl)c2)NN1. The van der Waals surface area contributed by atoms with Crippen LogP contribution >= 0.6 is 11.6 Å². The summed E-state index contributed by atoms with van der Waals surface area (Å²) < 4.78 is 0. The summed E-state index contributed by atoms with van der Waals surface area (Å²) in [7, 11) is 3.46. The zero-order chi connectivity index (χ0) is 17.3. The maximum atomic E-state index is 12.9. The van der Waals surface area contributed by atoms with Gasteiger partial charge in [-0.15, -0.1) is 0 Å². The third-order valence-electron chi connectivity index (χ3n) is 4.71. The van der Waals surface area contributed by atoms with Crippen LogP contribution in [0.5, 0.6) is 0 Å². The molecule has 0 aliphatic carbocycles. The van der Waals surface area contributed by atoms with Crippen LogP contribution in [0.1, 0.15) is 30.9 Å². The summed E-state index contributed by atoms with van der Waals surface area (Å²) in [6.45, 7) is 0.642. The molecule has 3 atom stereocenters. The maximum Gasteiger partial charge on any atom is 0.244 e. The number of nitrogens with one attached hydrogen (secondary N) is 2. The predicted octanol–water partition coefficient (Wildman–Crippen LogP) is 1.33. The summed E-state index contributed by atoms with van der Waals surface area (Å²) in [6, 6.07) is 7.00. The second kappa shape index (κ2) is 7.09. The minimum atomic E-state index is -0.334. The van der Waals surface area contributed by atoms with Gasteiger partial charge in [-0.1, -0.05) is 23.7 Å². The van der Waals surface area contributed by atoms with Crippen LogP contribution in [-0.2, 0) is 9.59 Å². The van der Waals surface area contributed by atoms with E-state index in [4.69, 9.17) is 11.6 Å². The molecule has 24 heavy (non-hydrogen) atoms. The van der Waals surface area contributed by atoms with Crippen molar-refractivity contribution in [1.29, 1.82) is 0 Å². The number of halogens is 1. The van der Waals surface area contributed by atoms with Crippen LogP contribution < -0.4 is 10.9 Å². The van der Waals surface area contributed by atoms with Crippen molar-refractivity contribution in [1.82, 2.24) is 20.7 Å². The van der Waals surface area contributed by atoms with E-state index in [1.165, 1.54) is 0 Å². The maximum absolute atomic E-state index is 12.9. The monoisotopic (exact) mass is 350 g/mol. The Kier molecular flexibility index (Phi) is 5.08. The highest BCUT2D eigenvalue weighted by molar-refractivity contribution is 6.30. The van der Waals surface area contributed by atoms with Gasteiger partial charge in [-0.3, -0.25) is 9.59 Å². The van der Waals surface area contributed by atoms with Crippen molar-refractivity contribution in [2.75, 3.05) is 20.6 Å². The molecule has 2 amide bonds. The molecular formula is C17H23ClN4O2. The first kappa shape index (κ1) is 17.2. The number of hydrogen-bond donors (Lipinski definition) is 2. The summed E-state index contributed by atoms with van der Waals surface area (Å²) in [6.07, 6.45) is 2.24. The van der Waals surface area contributed by atoms with Crippen LogP contribution in [-0.4, -0.2) is 54.3 Å². The van der Waals surface area contributed by atoms with E-state index in [0.29, 0.717) is 18.0 Å². The third-order valence-corrected chi connectivity index (χ3v) is 4.95. The number of rotatable bonds is 3. The smallest absolute Gasteiger partial charge is 0.244 e. The summed E-state index contributed by atoms with van der Waals surface area (Å²) in [4.78, 5) is 28.4. The lowest BCUT2D eigenvalue weighted by molar-refractivity contribution is -0.143. The third kappa shape index (κ3) is 3.41. The van der Waals surface area contributed by atoms with Gasteiger partial charge in [0, 0.05) is 31.7 Å². The van der Waals surface area contributed by atoms with E-state index < -0.39 is 0 Å². The number of hydrazine groups is 1. The molecule has 2 aliphatic rings. The molecule has 1 aromatic rings. The number of carbonyl (C=O) groups is 2. The molecule has 0 radical (unpaired) electrons. The molecule has 2 saturated heterocycles. The lowest BCUT2D eigenvalue weighted by atomic mass is 10.0. The molecule has 0 saturated carbocycles. The summed E-state index contributed by atoms with van der Waals surface area (Å²) in [5.41, 5.74) is 7.30. The molecule has 6 nitrogen and oxygen atoms in total. The Morgan fingerprint density at radius 3 is 2.79 bits per heavy atom. The number of likely N-dealkylation sites (N-methyl/N-ethyl adjacent to an activating group) is 1. The van der Waals surface area contributed by atoms with Gasteiger partial charge in [-0.05, 0) is 37.0 Å². The molecule has 3 rings (SSSR count). The molecule has 0 bridgehead atoms. The zero-order valence-corrected chi connectivity index (χ0v) is 14.7. The average molecular weight is 351 g/mol. The first-order chi connectivity index (χ1) is 11.5. The second-order valence-electron chi connectivity index (χ2n) is 6.61. The Morgan fingerprint density at radius 1 is 1.29 bits per heavy atom. The van der Waals surface area contributed by atoms with Gasteiger partial charge >= 0.3 is 0 Å². The van der Waals surface area contributed by atoms with Crippen molar-refractivity contribution in [2.45, 2.75) is 37.4 Å². The molecule has 2 fully saturated rings. The highest BCUT2D eigenvalue weighted by Gasteiger charge is 2.40. The first-order valence-electron chi connectivity index (χ1n) is 8.25. The molecule has 2 aliphatic heterocycles. The zero-order valence-electron chi connectivity index (χ0n) is 14.0. The normalized spacial score (nSPS) is 26.6. The molecule has 3 unspecified atom stereocenters. The molecule has 0 aromatic heterocycles. The van der Waals surface area contributed by atoms with Gasteiger partial charge in [0.2, 0.25) is 11.8 Å². The number of amides is 2. The number of likely N-dealkylation sites (tertiary alicyclic amines) is 1. The summed E-state index contributed by atoms with van der Waals surface area (Å²) in [5, 5.41) is 0.681. The van der Waals surface area contributed by atoms with E-state index in [2.05, 4.69) is 10.9 Å². The van der Waals surface area contributed by atoms with Gasteiger partial charge in [-0.2, -0.15) is 0 Å². The lowest BCUT2D eigenvalue weighted by Gasteiger charge is -2.28. The number of carbonyl (C=O) groups excluding carboxylic acids is 2. The minimum absolute atomic E-state index is 0.00167. The fourth-order valence-electron chi connectivity index (χ4n) is 3.45. The van der Waals surface area contributed by atoms with E-state index in [9.17, 15) is 9.59 Å². The fraction of sp³-hybridized carbons (Fsp3) is 0.529. The van der Waals surface area contributed by atoms with Crippen molar-refractivity contribution < 1.29 is 9.59 Å². The Morgan fingerprint density at radius 2 is 2.08 bits per heavy atom. The van der Waals surface area contributed by atoms with Gasteiger partial charge in [0.05, 0.1) is 0 Å². The molecule has 7 heteroatoms. The largest absolute Gasteiger partial charge is 0.347 e. The Bertz CT molecular complexity index is 637. The number of nitrogens with zero attached hydrogens (tertiary/aromatic N) is 2. The topological polar surface area (TPSA) is 64.7 Å². The second-order valence-corrected chi connectivity index (χ2v) is 7.04. The standard InChI is InChI=1S/C17H23ClN4O2/c1-21(2)17(24)15-7-4-8-22(15)16(23)14-10-13(19-20-14)11-5-3-6-12(18)9-11/h3,5-6,9,13-15,19-20H,4,7-8,10H2,1-2H3. The molecule has 0 spiro atoms. The Hall–Kier alpha value is -1.63. The van der Waals surface area contributed by atoms with Gasteiger partial charge < -0.3 is 9.80 Å². The molecule has 130 valence electrons. The molecule has 2 N–H and O–H groups in total. The van der Waals surface area contributed by atoms with Crippen molar-refractivity contribution in [3.8, 4) is 0 Å². The van der Waals surface area contributed by atoms with E-state index in [0.717, 1.165) is 18.4 Å². The molecular weight excluding hydrogens is 328 g/mol. The van der Waals surface area contributed by atoms with Crippen molar-refractivity contribution in [3.05, 3.63) is 34.9 Å². The number of hydrogen-bond acceptors (Lipinski definition) is 4. The van der Waals surface area contributed by atoms with Gasteiger partial charge in [-0.25, -0.2) is 10.9 Å². The van der Waals surface area contributed by atoms with Crippen LogP contribution in [0.3, 0.4) is 0 Å². The van der Waals surface area contributed by atoms with Crippen LogP contribution in [0.25, 0.3) is 0 Å². The Balaban J connectivity index is 1.67. The Labute approximate surface area is 147 Å². The predicted molar refractivity (Wildman–Crippen MR) is 92.3 cm³/mol. The molecule has 2 heterocycles. The van der Waals surface area contributed by atoms with Crippen molar-refractivity contribution in [2.24, 2.45) is 0 Å². The van der Waals surface area contributed by atoms with E-state index in [1.54, 1.807) is 23.9 Å². The van der Waals surface area contributed by atoms with Gasteiger partial charge in [0.25, 0.3) is 0 Å². The minimum Gasteiger partial charge on any atom is -0.347 e. The van der Waals surface area contributed by atoms with Crippen molar-refractivity contribution >= 4 is 23.4 Å². The lowest BCUT2D eigenvalue weighted by Crippen LogP contribution is -2.51. The summed E-state index contributed by atoms with van der Waals surface area (Å²) >= 11 is 6.04. The van der Waals surface area contributed by atoms with Crippen LogP contribution in [0.15, 0.2) is 24.3 Å². The van der Waals surface area contributed by atoms with E-state index >= 15 is 0 Å². The van der Waals surface area contributed by atoms with Crippen LogP contribution in [0, 0.1) is 0 Å². The number of benzene rings is 1.